The van der Waals surface area contributed by atoms with Gasteiger partial charge in [-0.3, -0.25) is 4.79 Å². The summed E-state index contributed by atoms with van der Waals surface area (Å²) in [5.41, 5.74) is 0. The van der Waals surface area contributed by atoms with Gasteiger partial charge in [0, 0.05) is 12.1 Å². The van der Waals surface area contributed by atoms with Crippen molar-refractivity contribution in [1.82, 2.24) is 4.90 Å². The predicted molar refractivity (Wildman–Crippen MR) is 61.8 cm³/mol. The lowest BCUT2D eigenvalue weighted by molar-refractivity contribution is -0.122. The number of hydrogen-bond donors (Lipinski definition) is 0. The third-order valence-corrected chi connectivity index (χ3v) is 5.50. The highest BCUT2D eigenvalue weighted by molar-refractivity contribution is 7.91. The molecule has 2 aliphatic rings. The molecule has 0 spiro atoms. The van der Waals surface area contributed by atoms with Gasteiger partial charge in [0.25, 0.3) is 0 Å². The van der Waals surface area contributed by atoms with Crippen LogP contribution in [0.15, 0.2) is 0 Å². The van der Waals surface area contributed by atoms with Gasteiger partial charge in [0.05, 0.1) is 11.5 Å². The fourth-order valence-corrected chi connectivity index (χ4v) is 4.58. The van der Waals surface area contributed by atoms with Crippen molar-refractivity contribution >= 4 is 16.2 Å². The van der Waals surface area contributed by atoms with Crippen LogP contribution in [0.4, 0.5) is 0 Å². The van der Waals surface area contributed by atoms with Gasteiger partial charge in [-0.05, 0) is 19.3 Å². The number of amides is 1. The zero-order chi connectivity index (χ0) is 11.6. The number of nitrogens with zero attached hydrogens (tertiary/aromatic N) is 1. The Hall–Kier alpha value is -0.580. The van der Waals surface area contributed by atoms with E-state index < -0.39 is 9.84 Å². The molecule has 2 fully saturated rings. The van der Waals surface area contributed by atoms with E-state index in [1.54, 1.807) is 4.90 Å². The summed E-state index contributed by atoms with van der Waals surface area (Å²) in [6.07, 6.45) is 7.12. The molecule has 0 aromatic rings. The lowest BCUT2D eigenvalue weighted by Gasteiger charge is -2.35. The van der Waals surface area contributed by atoms with Crippen LogP contribution in [0.5, 0.6) is 0 Å². The van der Waals surface area contributed by atoms with E-state index in [1.165, 1.54) is 6.42 Å². The van der Waals surface area contributed by atoms with Crippen LogP contribution in [0.25, 0.3) is 0 Å². The Morgan fingerprint density at radius 2 is 1.69 bits per heavy atom. The Kier molecular flexibility index (Phi) is 3.52. The summed E-state index contributed by atoms with van der Waals surface area (Å²) < 4.78 is 22.8. The number of sulfone groups is 1. The van der Waals surface area contributed by atoms with Crippen LogP contribution in [-0.4, -0.2) is 43.3 Å². The van der Waals surface area contributed by atoms with E-state index in [4.69, 9.17) is 0 Å². The second-order valence-corrected chi connectivity index (χ2v) is 7.13. The molecule has 1 heterocycles. The normalized spacial score (nSPS) is 30.1. The fourth-order valence-electron chi connectivity index (χ4n) is 2.86. The Balaban J connectivity index is 2.02. The second-order valence-electron chi connectivity index (χ2n) is 4.90. The Morgan fingerprint density at radius 1 is 1.00 bits per heavy atom. The maximum Gasteiger partial charge on any atom is 0.210 e. The van der Waals surface area contributed by atoms with E-state index >= 15 is 0 Å². The van der Waals surface area contributed by atoms with E-state index in [1.807, 2.05) is 0 Å². The zero-order valence-electron chi connectivity index (χ0n) is 9.47. The minimum absolute atomic E-state index is 0.0643. The topological polar surface area (TPSA) is 54.5 Å². The standard InChI is InChI=1S/C11H19NO3S/c13-9-12(10-4-2-1-3-5-10)11-6-7-16(14,15)8-11/h9-11H,1-8H2. The molecule has 16 heavy (non-hydrogen) atoms. The van der Waals surface area contributed by atoms with Crippen LogP contribution in [-0.2, 0) is 14.6 Å². The monoisotopic (exact) mass is 245 g/mol. The number of carbonyl (C=O) groups excluding carboxylic acids is 1. The summed E-state index contributed by atoms with van der Waals surface area (Å²) >= 11 is 0. The van der Waals surface area contributed by atoms with Gasteiger partial charge in [-0.2, -0.15) is 0 Å². The third-order valence-electron chi connectivity index (χ3n) is 3.75. The van der Waals surface area contributed by atoms with E-state index in [0.29, 0.717) is 6.42 Å². The maximum atomic E-state index is 11.4. The van der Waals surface area contributed by atoms with E-state index in [0.717, 1.165) is 32.1 Å². The average Bonchev–Trinajstić information content (AvgIpc) is 2.62. The summed E-state index contributed by atoms with van der Waals surface area (Å²) in [7, 11) is -2.89. The van der Waals surface area contributed by atoms with Crippen molar-refractivity contribution in [3.05, 3.63) is 0 Å². The zero-order valence-corrected chi connectivity index (χ0v) is 10.3. The molecule has 92 valence electrons. The molecule has 1 atom stereocenters. The first-order valence-corrected chi connectivity index (χ1v) is 7.88. The van der Waals surface area contributed by atoms with E-state index in [9.17, 15) is 13.2 Å². The van der Waals surface area contributed by atoms with Crippen molar-refractivity contribution in [2.45, 2.75) is 50.6 Å². The van der Waals surface area contributed by atoms with Gasteiger partial charge in [-0.25, -0.2) is 8.42 Å². The SMILES string of the molecule is O=CN(C1CCCCC1)C1CCS(=O)(=O)C1. The van der Waals surface area contributed by atoms with Crippen LogP contribution < -0.4 is 0 Å². The molecular formula is C11H19NO3S. The fraction of sp³-hybridized carbons (Fsp3) is 0.909. The lowest BCUT2D eigenvalue weighted by atomic mass is 9.93. The molecule has 5 heteroatoms. The van der Waals surface area contributed by atoms with Crippen LogP contribution in [0.2, 0.25) is 0 Å². The van der Waals surface area contributed by atoms with Gasteiger partial charge < -0.3 is 4.90 Å². The molecule has 1 saturated heterocycles. The number of rotatable bonds is 3. The summed E-state index contributed by atoms with van der Waals surface area (Å²) in [6, 6.07) is 0.218. The molecule has 0 aromatic carbocycles. The number of hydrogen-bond acceptors (Lipinski definition) is 3. The van der Waals surface area contributed by atoms with E-state index in [-0.39, 0.29) is 23.6 Å². The highest BCUT2D eigenvalue weighted by Crippen LogP contribution is 2.26. The van der Waals surface area contributed by atoms with Crippen LogP contribution in [0, 0.1) is 0 Å². The van der Waals surface area contributed by atoms with Gasteiger partial charge in [-0.1, -0.05) is 19.3 Å². The average molecular weight is 245 g/mol. The summed E-state index contributed by atoms with van der Waals surface area (Å²) in [4.78, 5) is 12.9. The molecule has 4 nitrogen and oxygen atoms in total. The molecule has 0 N–H and O–H groups in total. The first-order chi connectivity index (χ1) is 7.62. The van der Waals surface area contributed by atoms with Crippen molar-refractivity contribution in [3.63, 3.8) is 0 Å². The number of carbonyl (C=O) groups is 1. The highest BCUT2D eigenvalue weighted by atomic mass is 32.2. The Morgan fingerprint density at radius 3 is 2.19 bits per heavy atom. The van der Waals surface area contributed by atoms with Crippen LogP contribution in [0.3, 0.4) is 0 Å². The van der Waals surface area contributed by atoms with Gasteiger partial charge in [-0.15, -0.1) is 0 Å². The van der Waals surface area contributed by atoms with Crippen molar-refractivity contribution in [3.8, 4) is 0 Å². The van der Waals surface area contributed by atoms with Gasteiger partial charge in [0.2, 0.25) is 6.41 Å². The van der Waals surface area contributed by atoms with Gasteiger partial charge in [0.15, 0.2) is 9.84 Å². The summed E-state index contributed by atoms with van der Waals surface area (Å²) in [6.45, 7) is 0. The quantitative estimate of drug-likeness (QED) is 0.696. The van der Waals surface area contributed by atoms with Crippen molar-refractivity contribution in [1.29, 1.82) is 0 Å². The molecule has 1 saturated carbocycles. The molecule has 1 unspecified atom stereocenters. The second kappa shape index (κ2) is 4.73. The predicted octanol–water partition coefficient (Wildman–Crippen LogP) is 0.965. The largest absolute Gasteiger partial charge is 0.338 e. The van der Waals surface area contributed by atoms with E-state index in [2.05, 4.69) is 0 Å². The lowest BCUT2D eigenvalue weighted by Crippen LogP contribution is -2.43. The van der Waals surface area contributed by atoms with Crippen molar-refractivity contribution < 1.29 is 13.2 Å². The summed E-state index contributed by atoms with van der Waals surface area (Å²) in [5.74, 6) is 0.414. The first-order valence-electron chi connectivity index (χ1n) is 6.05. The Labute approximate surface area is 96.9 Å². The molecule has 0 bridgehead atoms. The molecule has 0 aromatic heterocycles. The van der Waals surface area contributed by atoms with Gasteiger partial charge >= 0.3 is 0 Å². The first kappa shape index (κ1) is 11.9. The maximum absolute atomic E-state index is 11.4. The smallest absolute Gasteiger partial charge is 0.210 e. The minimum Gasteiger partial charge on any atom is -0.338 e. The molecule has 1 amide bonds. The minimum atomic E-state index is -2.89. The summed E-state index contributed by atoms with van der Waals surface area (Å²) in [5, 5.41) is 0. The molecule has 1 aliphatic carbocycles. The van der Waals surface area contributed by atoms with Crippen LogP contribution >= 0.6 is 0 Å². The molecule has 1 aliphatic heterocycles. The Bertz CT molecular complexity index is 346. The highest BCUT2D eigenvalue weighted by Gasteiger charge is 2.35. The van der Waals surface area contributed by atoms with Crippen molar-refractivity contribution in [2.24, 2.45) is 0 Å². The van der Waals surface area contributed by atoms with Crippen molar-refractivity contribution in [2.75, 3.05) is 11.5 Å². The third kappa shape index (κ3) is 2.56. The van der Waals surface area contributed by atoms with Crippen LogP contribution in [0.1, 0.15) is 38.5 Å². The molecular weight excluding hydrogens is 226 g/mol. The molecule has 0 radical (unpaired) electrons. The van der Waals surface area contributed by atoms with Gasteiger partial charge in [0.1, 0.15) is 0 Å². The molecule has 2 rings (SSSR count).